The third-order valence-corrected chi connectivity index (χ3v) is 7.61. The van der Waals surface area contributed by atoms with Gasteiger partial charge in [0.25, 0.3) is 0 Å². The van der Waals surface area contributed by atoms with E-state index in [1.165, 1.54) is 7.11 Å². The van der Waals surface area contributed by atoms with Gasteiger partial charge in [-0.2, -0.15) is 0 Å². The van der Waals surface area contributed by atoms with Crippen LogP contribution in [0.5, 0.6) is 0 Å². The second kappa shape index (κ2) is 15.4. The molecule has 1 aliphatic heterocycles. The molecule has 1 N–H and O–H groups in total. The fourth-order valence-electron chi connectivity index (χ4n) is 4.42. The van der Waals surface area contributed by atoms with Crippen LogP contribution in [0.1, 0.15) is 68.5 Å². The number of rotatable bonds is 13. The van der Waals surface area contributed by atoms with E-state index < -0.39 is 6.29 Å². The second-order valence-electron chi connectivity index (χ2n) is 9.50. The Labute approximate surface area is 234 Å². The Morgan fingerprint density at radius 3 is 2.36 bits per heavy atom. The number of benzene rings is 2. The van der Waals surface area contributed by atoms with Crippen molar-refractivity contribution >= 4 is 29.3 Å². The van der Waals surface area contributed by atoms with E-state index in [0.717, 1.165) is 59.7 Å². The summed E-state index contributed by atoms with van der Waals surface area (Å²) in [5.74, 6) is 0.572. The predicted molar refractivity (Wildman–Crippen MR) is 152 cm³/mol. The lowest BCUT2D eigenvalue weighted by Gasteiger charge is -2.36. The molecule has 3 aromatic rings. The van der Waals surface area contributed by atoms with E-state index >= 15 is 0 Å². The average molecular weight is 549 g/mol. The van der Waals surface area contributed by atoms with Crippen LogP contribution in [-0.4, -0.2) is 35.8 Å². The number of thioether (sulfide) groups is 1. The summed E-state index contributed by atoms with van der Waals surface area (Å²) in [4.78, 5) is 27.9. The third-order valence-electron chi connectivity index (χ3n) is 6.54. The van der Waals surface area contributed by atoms with Crippen LogP contribution in [-0.2, 0) is 23.8 Å². The van der Waals surface area contributed by atoms with E-state index in [1.807, 2.05) is 60.7 Å². The zero-order valence-electron chi connectivity index (χ0n) is 22.3. The molecule has 0 saturated carbocycles. The molecule has 1 saturated heterocycles. The van der Waals surface area contributed by atoms with Crippen LogP contribution < -0.4 is 5.32 Å². The number of hydrogen-bond donors (Lipinski definition) is 1. The van der Waals surface area contributed by atoms with Gasteiger partial charge < -0.3 is 19.5 Å². The van der Waals surface area contributed by atoms with Crippen molar-refractivity contribution in [3.05, 3.63) is 90.1 Å². The molecule has 7 nitrogen and oxygen atoms in total. The monoisotopic (exact) mass is 548 g/mol. The summed E-state index contributed by atoms with van der Waals surface area (Å²) in [6, 6.07) is 23.8. The van der Waals surface area contributed by atoms with Crippen LogP contribution in [0, 0.1) is 0 Å². The molecule has 1 fully saturated rings. The minimum Gasteiger partial charge on any atom is -0.469 e. The molecule has 2 aromatic carbocycles. The molecule has 206 valence electrons. The van der Waals surface area contributed by atoms with Gasteiger partial charge in [0.2, 0.25) is 5.91 Å². The van der Waals surface area contributed by atoms with Crippen molar-refractivity contribution in [3.8, 4) is 0 Å². The Balaban J connectivity index is 1.30. The van der Waals surface area contributed by atoms with E-state index in [4.69, 9.17) is 9.47 Å². The summed E-state index contributed by atoms with van der Waals surface area (Å²) < 4.78 is 17.4. The zero-order valence-corrected chi connectivity index (χ0v) is 23.1. The Hall–Kier alpha value is -3.20. The molecule has 0 aliphatic carbocycles. The first kappa shape index (κ1) is 28.8. The van der Waals surface area contributed by atoms with Crippen LogP contribution in [0.15, 0.2) is 84.0 Å². The minimum atomic E-state index is -0.506. The van der Waals surface area contributed by atoms with Gasteiger partial charge in [-0.15, -0.1) is 11.8 Å². The van der Waals surface area contributed by atoms with Crippen LogP contribution >= 0.6 is 11.8 Å². The normalized spacial score (nSPS) is 18.8. The Morgan fingerprint density at radius 2 is 1.64 bits per heavy atom. The molecule has 0 spiro atoms. The lowest BCUT2D eigenvalue weighted by atomic mass is 10.0. The number of amides is 1. The molecular formula is C31H36N2O5S. The Bertz CT molecular complexity index is 1160. The van der Waals surface area contributed by atoms with Gasteiger partial charge in [0, 0.05) is 42.5 Å². The van der Waals surface area contributed by atoms with Crippen molar-refractivity contribution in [2.75, 3.05) is 18.2 Å². The van der Waals surface area contributed by atoms with Gasteiger partial charge in [-0.05, 0) is 42.7 Å². The molecule has 1 amide bonds. The highest BCUT2D eigenvalue weighted by Gasteiger charge is 2.32. The van der Waals surface area contributed by atoms with Gasteiger partial charge in [-0.25, -0.2) is 4.98 Å². The molecule has 1 aliphatic rings. The molecule has 39 heavy (non-hydrogen) atoms. The topological polar surface area (TPSA) is 86.8 Å². The lowest BCUT2D eigenvalue weighted by molar-refractivity contribution is -0.245. The number of esters is 1. The summed E-state index contributed by atoms with van der Waals surface area (Å²) in [5.41, 5.74) is 2.78. The SMILES string of the molecule is COC(=O)CCCCCCC(=O)Nc1ccc(C2OC(CSc3ccccn3)CC(c3ccccc3)O2)cc1. The van der Waals surface area contributed by atoms with Crippen LogP contribution in [0.2, 0.25) is 0 Å². The molecule has 3 atom stereocenters. The summed E-state index contributed by atoms with van der Waals surface area (Å²) in [6.45, 7) is 0. The number of anilines is 1. The van der Waals surface area contributed by atoms with Crippen molar-refractivity contribution in [1.29, 1.82) is 0 Å². The van der Waals surface area contributed by atoms with E-state index in [-0.39, 0.29) is 24.1 Å². The average Bonchev–Trinajstić information content (AvgIpc) is 2.99. The smallest absolute Gasteiger partial charge is 0.305 e. The number of methoxy groups -OCH3 is 1. The number of unbranched alkanes of at least 4 members (excludes halogenated alkanes) is 3. The Kier molecular flexibility index (Phi) is 11.4. The summed E-state index contributed by atoms with van der Waals surface area (Å²) >= 11 is 1.68. The van der Waals surface area contributed by atoms with Gasteiger partial charge in [-0.1, -0.05) is 61.4 Å². The van der Waals surface area contributed by atoms with E-state index in [0.29, 0.717) is 12.8 Å². The van der Waals surface area contributed by atoms with Gasteiger partial charge in [0.15, 0.2) is 6.29 Å². The number of ether oxygens (including phenoxy) is 3. The first-order valence-corrected chi connectivity index (χ1v) is 14.5. The maximum atomic E-state index is 12.4. The molecule has 1 aromatic heterocycles. The predicted octanol–water partition coefficient (Wildman–Crippen LogP) is 6.87. The number of carbonyl (C=O) groups excluding carboxylic acids is 2. The largest absolute Gasteiger partial charge is 0.469 e. The zero-order chi connectivity index (χ0) is 27.3. The van der Waals surface area contributed by atoms with Gasteiger partial charge in [-0.3, -0.25) is 9.59 Å². The van der Waals surface area contributed by atoms with Gasteiger partial charge >= 0.3 is 5.97 Å². The quantitative estimate of drug-likeness (QED) is 0.142. The highest BCUT2D eigenvalue weighted by Crippen LogP contribution is 2.39. The molecule has 4 rings (SSSR count). The number of nitrogens with zero attached hydrogens (tertiary/aromatic N) is 1. The fraction of sp³-hybridized carbons (Fsp3) is 0.387. The molecule has 0 bridgehead atoms. The summed E-state index contributed by atoms with van der Waals surface area (Å²) in [5, 5.41) is 3.94. The fourth-order valence-corrected chi connectivity index (χ4v) is 5.30. The van der Waals surface area contributed by atoms with Crippen molar-refractivity contribution in [3.63, 3.8) is 0 Å². The summed E-state index contributed by atoms with van der Waals surface area (Å²) in [7, 11) is 1.40. The van der Waals surface area contributed by atoms with E-state index in [1.54, 1.807) is 18.0 Å². The van der Waals surface area contributed by atoms with Crippen molar-refractivity contribution in [2.45, 2.75) is 68.5 Å². The second-order valence-corrected chi connectivity index (χ2v) is 10.5. The van der Waals surface area contributed by atoms with Gasteiger partial charge in [0.1, 0.15) is 0 Å². The number of aromatic nitrogens is 1. The number of carbonyl (C=O) groups is 2. The standard InChI is InChI=1S/C31H36N2O5S/c1-36-30(35)15-8-3-2-7-13-28(34)33-25-18-16-24(17-19-25)31-37-26(22-39-29-14-9-10-20-32-29)21-27(38-31)23-11-5-4-6-12-23/h4-6,9-12,14,16-20,26-27,31H,2-3,7-8,13,15,21-22H2,1H3,(H,33,34). The first-order valence-electron chi connectivity index (χ1n) is 13.5. The highest BCUT2D eigenvalue weighted by molar-refractivity contribution is 7.99. The minimum absolute atomic E-state index is 0.00652. The maximum absolute atomic E-state index is 12.4. The maximum Gasteiger partial charge on any atom is 0.305 e. The molecule has 8 heteroatoms. The molecule has 2 heterocycles. The lowest BCUT2D eigenvalue weighted by Crippen LogP contribution is -2.31. The van der Waals surface area contributed by atoms with E-state index in [2.05, 4.69) is 27.2 Å². The van der Waals surface area contributed by atoms with Crippen molar-refractivity contribution in [2.24, 2.45) is 0 Å². The molecule has 3 unspecified atom stereocenters. The van der Waals surface area contributed by atoms with Gasteiger partial charge in [0.05, 0.1) is 24.3 Å². The molecular weight excluding hydrogens is 512 g/mol. The van der Waals surface area contributed by atoms with Crippen LogP contribution in [0.4, 0.5) is 5.69 Å². The number of hydrogen-bond acceptors (Lipinski definition) is 7. The van der Waals surface area contributed by atoms with Crippen LogP contribution in [0.3, 0.4) is 0 Å². The number of nitrogens with one attached hydrogen (secondary N) is 1. The Morgan fingerprint density at radius 1 is 0.897 bits per heavy atom. The summed E-state index contributed by atoms with van der Waals surface area (Å²) in [6.07, 6.45) is 6.23. The van der Waals surface area contributed by atoms with Crippen LogP contribution in [0.25, 0.3) is 0 Å². The van der Waals surface area contributed by atoms with Crippen molar-refractivity contribution in [1.82, 2.24) is 4.98 Å². The van der Waals surface area contributed by atoms with E-state index in [9.17, 15) is 9.59 Å². The third kappa shape index (κ3) is 9.49. The van der Waals surface area contributed by atoms with Crippen molar-refractivity contribution < 1.29 is 23.8 Å². The number of pyridine rings is 1. The first-order chi connectivity index (χ1) is 19.1. The molecule has 0 radical (unpaired) electrons. The highest BCUT2D eigenvalue weighted by atomic mass is 32.2.